The highest BCUT2D eigenvalue weighted by Gasteiger charge is 2.13. The minimum Gasteiger partial charge on any atom is -0.383 e. The lowest BCUT2D eigenvalue weighted by atomic mass is 10.1. The van der Waals surface area contributed by atoms with E-state index in [4.69, 9.17) is 4.74 Å². The Morgan fingerprint density at radius 2 is 1.73 bits per heavy atom. The lowest BCUT2D eigenvalue weighted by Gasteiger charge is -2.32. The van der Waals surface area contributed by atoms with Gasteiger partial charge in [0.1, 0.15) is 0 Å². The van der Waals surface area contributed by atoms with Crippen molar-refractivity contribution in [2.75, 3.05) is 60.0 Å². The summed E-state index contributed by atoms with van der Waals surface area (Å²) in [6.07, 6.45) is 0. The van der Waals surface area contributed by atoms with Gasteiger partial charge in [0.2, 0.25) is 0 Å². The van der Waals surface area contributed by atoms with Gasteiger partial charge in [0.15, 0.2) is 5.96 Å². The second-order valence-corrected chi connectivity index (χ2v) is 6.51. The molecule has 0 amide bonds. The Hall–Kier alpha value is -0.900. The Morgan fingerprint density at radius 1 is 1.08 bits per heavy atom. The lowest BCUT2D eigenvalue weighted by molar-refractivity contribution is 0.148. The highest BCUT2D eigenvalue weighted by atomic mass is 127. The first kappa shape index (κ1) is 23.1. The van der Waals surface area contributed by atoms with Gasteiger partial charge in [0, 0.05) is 52.9 Å². The molecule has 2 N–H and O–H groups in total. The second-order valence-electron chi connectivity index (χ2n) is 6.51. The van der Waals surface area contributed by atoms with Crippen LogP contribution in [0.3, 0.4) is 0 Å². The minimum absolute atomic E-state index is 0. The summed E-state index contributed by atoms with van der Waals surface area (Å²) in [6, 6.07) is 8.84. The van der Waals surface area contributed by atoms with Crippen LogP contribution in [0.15, 0.2) is 29.3 Å². The molecule has 0 radical (unpaired) electrons. The summed E-state index contributed by atoms with van der Waals surface area (Å²) in [6.45, 7) is 10.7. The Kier molecular flexibility index (Phi) is 11.8. The number of ether oxygens (including phenoxy) is 1. The summed E-state index contributed by atoms with van der Waals surface area (Å²) in [5, 5.41) is 6.52. The fourth-order valence-corrected chi connectivity index (χ4v) is 2.80. The van der Waals surface area contributed by atoms with E-state index in [1.165, 1.54) is 11.1 Å². The normalized spacial score (nSPS) is 16.2. The molecular weight excluding hydrogens is 441 g/mol. The van der Waals surface area contributed by atoms with E-state index < -0.39 is 0 Å². The molecule has 1 aromatic carbocycles. The van der Waals surface area contributed by atoms with E-state index >= 15 is 0 Å². The Bertz CT molecular complexity index is 515. The fraction of sp³-hybridized carbons (Fsp3) is 0.632. The summed E-state index contributed by atoms with van der Waals surface area (Å²) >= 11 is 0. The van der Waals surface area contributed by atoms with Crippen molar-refractivity contribution in [2.45, 2.75) is 20.0 Å². The predicted octanol–water partition coefficient (Wildman–Crippen LogP) is 1.75. The van der Waals surface area contributed by atoms with Crippen LogP contribution in [0, 0.1) is 0 Å². The molecule has 148 valence electrons. The molecule has 0 saturated carbocycles. The van der Waals surface area contributed by atoms with Crippen LogP contribution in [0.4, 0.5) is 0 Å². The third kappa shape index (κ3) is 8.66. The molecule has 6 nitrogen and oxygen atoms in total. The summed E-state index contributed by atoms with van der Waals surface area (Å²) in [5.41, 5.74) is 2.61. The molecule has 7 heteroatoms. The highest BCUT2D eigenvalue weighted by molar-refractivity contribution is 14.0. The predicted molar refractivity (Wildman–Crippen MR) is 119 cm³/mol. The summed E-state index contributed by atoms with van der Waals surface area (Å²) in [4.78, 5) is 9.55. The van der Waals surface area contributed by atoms with Crippen LogP contribution in [0.5, 0.6) is 0 Å². The lowest BCUT2D eigenvalue weighted by Crippen LogP contribution is -2.43. The van der Waals surface area contributed by atoms with Crippen LogP contribution >= 0.6 is 24.0 Å². The van der Waals surface area contributed by atoms with Crippen LogP contribution in [-0.4, -0.2) is 75.8 Å². The van der Waals surface area contributed by atoms with Gasteiger partial charge in [-0.25, -0.2) is 4.99 Å². The fourth-order valence-electron chi connectivity index (χ4n) is 2.80. The molecule has 26 heavy (non-hydrogen) atoms. The van der Waals surface area contributed by atoms with E-state index in [-0.39, 0.29) is 24.0 Å². The topological polar surface area (TPSA) is 52.1 Å². The van der Waals surface area contributed by atoms with Crippen LogP contribution in [0.2, 0.25) is 0 Å². The van der Waals surface area contributed by atoms with E-state index in [9.17, 15) is 0 Å². The van der Waals surface area contributed by atoms with Crippen molar-refractivity contribution in [1.29, 1.82) is 0 Å². The first-order valence-electron chi connectivity index (χ1n) is 9.21. The number of rotatable bonds is 8. The summed E-state index contributed by atoms with van der Waals surface area (Å²) in [5.74, 6) is 0.834. The third-order valence-corrected chi connectivity index (χ3v) is 4.39. The number of nitrogens with one attached hydrogen (secondary N) is 2. The van der Waals surface area contributed by atoms with Crippen molar-refractivity contribution >= 4 is 29.9 Å². The SMILES string of the molecule is CCNC(=NCc1ccc(CN2CCN(C)CC2)cc1)NCCOC.I. The van der Waals surface area contributed by atoms with Crippen molar-refractivity contribution in [3.05, 3.63) is 35.4 Å². The van der Waals surface area contributed by atoms with E-state index in [1.54, 1.807) is 7.11 Å². The number of piperazine rings is 1. The molecule has 0 spiro atoms. The van der Waals surface area contributed by atoms with Crippen molar-refractivity contribution < 1.29 is 4.74 Å². The van der Waals surface area contributed by atoms with Crippen LogP contribution in [0.1, 0.15) is 18.1 Å². The number of methoxy groups -OCH3 is 1. The molecule has 0 aliphatic carbocycles. The molecule has 1 heterocycles. The molecule has 1 aliphatic heterocycles. The van der Waals surface area contributed by atoms with Crippen molar-refractivity contribution in [2.24, 2.45) is 4.99 Å². The van der Waals surface area contributed by atoms with Crippen LogP contribution in [-0.2, 0) is 17.8 Å². The van der Waals surface area contributed by atoms with Crippen molar-refractivity contribution in [3.8, 4) is 0 Å². The maximum atomic E-state index is 5.06. The zero-order chi connectivity index (χ0) is 17.9. The zero-order valence-corrected chi connectivity index (χ0v) is 18.7. The van der Waals surface area contributed by atoms with Gasteiger partial charge in [-0.15, -0.1) is 24.0 Å². The van der Waals surface area contributed by atoms with Gasteiger partial charge < -0.3 is 20.3 Å². The first-order chi connectivity index (χ1) is 12.2. The molecule has 1 aromatic rings. The van der Waals surface area contributed by atoms with Crippen LogP contribution in [0.25, 0.3) is 0 Å². The second kappa shape index (κ2) is 13.3. The molecule has 1 fully saturated rings. The molecule has 0 unspecified atom stereocenters. The van der Waals surface area contributed by atoms with Crippen molar-refractivity contribution in [1.82, 2.24) is 20.4 Å². The number of halogens is 1. The van der Waals surface area contributed by atoms with Gasteiger partial charge in [-0.3, -0.25) is 4.90 Å². The largest absolute Gasteiger partial charge is 0.383 e. The number of hydrogen-bond acceptors (Lipinski definition) is 4. The maximum absolute atomic E-state index is 5.06. The summed E-state index contributed by atoms with van der Waals surface area (Å²) < 4.78 is 5.06. The Balaban J connectivity index is 0.00000338. The average molecular weight is 475 g/mol. The standard InChI is InChI=1S/C19H33N5O.HI/c1-4-20-19(21-9-14-25-3)22-15-17-5-7-18(8-6-17)16-24-12-10-23(2)11-13-24;/h5-8H,4,9-16H2,1-3H3,(H2,20,21,22);1H. The average Bonchev–Trinajstić information content (AvgIpc) is 2.63. The number of likely N-dealkylation sites (N-methyl/N-ethyl adjacent to an activating group) is 1. The van der Waals surface area contributed by atoms with Gasteiger partial charge in [0.05, 0.1) is 13.2 Å². The first-order valence-corrected chi connectivity index (χ1v) is 9.21. The van der Waals surface area contributed by atoms with E-state index in [0.29, 0.717) is 13.2 Å². The smallest absolute Gasteiger partial charge is 0.191 e. The summed E-state index contributed by atoms with van der Waals surface area (Å²) in [7, 11) is 3.90. The number of benzene rings is 1. The van der Waals surface area contributed by atoms with Crippen LogP contribution < -0.4 is 10.6 Å². The van der Waals surface area contributed by atoms with Gasteiger partial charge >= 0.3 is 0 Å². The number of guanidine groups is 1. The molecule has 1 saturated heterocycles. The molecule has 0 atom stereocenters. The van der Waals surface area contributed by atoms with Crippen molar-refractivity contribution in [3.63, 3.8) is 0 Å². The number of hydrogen-bond donors (Lipinski definition) is 2. The van der Waals surface area contributed by atoms with E-state index in [1.807, 2.05) is 0 Å². The van der Waals surface area contributed by atoms with E-state index in [2.05, 4.69) is 63.7 Å². The van der Waals surface area contributed by atoms with Gasteiger partial charge in [-0.05, 0) is 25.1 Å². The Morgan fingerprint density at radius 3 is 2.35 bits per heavy atom. The van der Waals surface area contributed by atoms with Gasteiger partial charge in [-0.2, -0.15) is 0 Å². The third-order valence-electron chi connectivity index (χ3n) is 4.39. The molecule has 0 bridgehead atoms. The molecule has 2 rings (SSSR count). The zero-order valence-electron chi connectivity index (χ0n) is 16.3. The minimum atomic E-state index is 0. The molecule has 0 aromatic heterocycles. The molecular formula is C19H34IN5O. The number of aliphatic imine (C=N–C) groups is 1. The highest BCUT2D eigenvalue weighted by Crippen LogP contribution is 2.10. The van der Waals surface area contributed by atoms with E-state index in [0.717, 1.165) is 51.8 Å². The van der Waals surface area contributed by atoms with Gasteiger partial charge in [0.25, 0.3) is 0 Å². The molecule has 1 aliphatic rings. The monoisotopic (exact) mass is 475 g/mol. The maximum Gasteiger partial charge on any atom is 0.191 e. The Labute approximate surface area is 175 Å². The quantitative estimate of drug-likeness (QED) is 0.260. The number of nitrogens with zero attached hydrogens (tertiary/aromatic N) is 3. The van der Waals surface area contributed by atoms with Gasteiger partial charge in [-0.1, -0.05) is 24.3 Å².